The first-order chi connectivity index (χ1) is 5.57. The lowest BCUT2D eigenvalue weighted by atomic mass is 9.71. The van der Waals surface area contributed by atoms with Crippen molar-refractivity contribution in [2.75, 3.05) is 0 Å². The van der Waals surface area contributed by atoms with Crippen molar-refractivity contribution in [2.45, 2.75) is 19.0 Å². The highest BCUT2D eigenvalue weighted by atomic mass is 19.4. The lowest BCUT2D eigenvalue weighted by Crippen LogP contribution is -2.58. The van der Waals surface area contributed by atoms with Gasteiger partial charge >= 0.3 is 12.1 Å². The first kappa shape index (κ1) is 10.3. The molecular formula is C6H3F7. The first-order valence-electron chi connectivity index (χ1n) is 3.07. The maximum Gasteiger partial charge on any atom is 0.406 e. The van der Waals surface area contributed by atoms with Crippen LogP contribution in [-0.2, 0) is 0 Å². The molecule has 0 aromatic carbocycles. The van der Waals surface area contributed by atoms with Gasteiger partial charge in [-0.3, -0.25) is 0 Å². The zero-order valence-electron chi connectivity index (χ0n) is 6.15. The zero-order chi connectivity index (χ0) is 10.7. The molecule has 1 unspecified atom stereocenters. The highest BCUT2D eigenvalue weighted by molar-refractivity contribution is 5.36. The van der Waals surface area contributed by atoms with Gasteiger partial charge in [0.2, 0.25) is 5.83 Å². The molecule has 0 saturated carbocycles. The van der Waals surface area contributed by atoms with Crippen LogP contribution in [0.4, 0.5) is 30.7 Å². The van der Waals surface area contributed by atoms with E-state index in [-0.39, 0.29) is 6.92 Å². The van der Waals surface area contributed by atoms with Gasteiger partial charge in [0.05, 0.1) is 0 Å². The molecule has 0 radical (unpaired) electrons. The van der Waals surface area contributed by atoms with Gasteiger partial charge in [-0.1, -0.05) is 0 Å². The van der Waals surface area contributed by atoms with Crippen LogP contribution in [0.1, 0.15) is 6.92 Å². The fourth-order valence-electron chi connectivity index (χ4n) is 0.955. The molecule has 0 aromatic rings. The monoisotopic (exact) mass is 208 g/mol. The molecule has 7 heteroatoms. The molecule has 0 aromatic heterocycles. The van der Waals surface area contributed by atoms with Gasteiger partial charge in [0.1, 0.15) is 0 Å². The van der Waals surface area contributed by atoms with E-state index in [1.165, 1.54) is 0 Å². The second kappa shape index (κ2) is 2.19. The predicted octanol–water partition coefficient (Wildman–Crippen LogP) is 3.35. The summed E-state index contributed by atoms with van der Waals surface area (Å²) in [5, 5.41) is 0. The van der Waals surface area contributed by atoms with Gasteiger partial charge in [0.25, 0.3) is 0 Å². The number of rotatable bonds is 0. The molecule has 1 aliphatic carbocycles. The molecule has 0 aliphatic heterocycles. The summed E-state index contributed by atoms with van der Waals surface area (Å²) in [6.45, 7) is -0.0780. The molecule has 0 spiro atoms. The van der Waals surface area contributed by atoms with E-state index in [1.54, 1.807) is 0 Å². The second-order valence-electron chi connectivity index (χ2n) is 2.83. The maximum atomic E-state index is 12.3. The maximum absolute atomic E-state index is 12.3. The minimum atomic E-state index is -5.50. The average molecular weight is 208 g/mol. The van der Waals surface area contributed by atoms with E-state index in [2.05, 4.69) is 0 Å². The summed E-state index contributed by atoms with van der Waals surface area (Å²) < 4.78 is 84.5. The summed E-state index contributed by atoms with van der Waals surface area (Å²) in [7, 11) is 0. The second-order valence-corrected chi connectivity index (χ2v) is 2.83. The zero-order valence-corrected chi connectivity index (χ0v) is 6.15. The third kappa shape index (κ3) is 0.871. The van der Waals surface area contributed by atoms with Crippen LogP contribution in [0.5, 0.6) is 0 Å². The van der Waals surface area contributed by atoms with E-state index in [1.807, 2.05) is 0 Å². The number of hydrogen-bond acceptors (Lipinski definition) is 0. The predicted molar refractivity (Wildman–Crippen MR) is 28.4 cm³/mol. The van der Waals surface area contributed by atoms with Gasteiger partial charge in [-0.25, -0.2) is 8.78 Å². The van der Waals surface area contributed by atoms with Gasteiger partial charge in [0, 0.05) is 0 Å². The molecule has 0 saturated heterocycles. The Hall–Kier alpha value is -0.750. The third-order valence-corrected chi connectivity index (χ3v) is 2.10. The molecule has 0 nitrogen and oxygen atoms in total. The van der Waals surface area contributed by atoms with Crippen LogP contribution in [0.3, 0.4) is 0 Å². The third-order valence-electron chi connectivity index (χ3n) is 2.10. The summed E-state index contributed by atoms with van der Waals surface area (Å²) in [5.74, 6) is -9.87. The van der Waals surface area contributed by atoms with Crippen molar-refractivity contribution in [1.29, 1.82) is 0 Å². The van der Waals surface area contributed by atoms with E-state index in [4.69, 9.17) is 0 Å². The van der Waals surface area contributed by atoms with Crippen molar-refractivity contribution in [2.24, 2.45) is 5.41 Å². The Morgan fingerprint density at radius 2 is 1.38 bits per heavy atom. The fourth-order valence-corrected chi connectivity index (χ4v) is 0.955. The van der Waals surface area contributed by atoms with Crippen LogP contribution >= 0.6 is 0 Å². The van der Waals surface area contributed by atoms with Crippen LogP contribution < -0.4 is 0 Å². The minimum Gasteiger partial charge on any atom is -0.207 e. The number of halogens is 7. The smallest absolute Gasteiger partial charge is 0.207 e. The Morgan fingerprint density at radius 3 is 1.54 bits per heavy atom. The van der Waals surface area contributed by atoms with Crippen LogP contribution in [-0.4, -0.2) is 12.1 Å². The van der Waals surface area contributed by atoms with Gasteiger partial charge in [-0.15, -0.1) is 0 Å². The SMILES string of the molecule is CC1(C(F)(F)F)C(F)=C(F)C1(F)F. The minimum absolute atomic E-state index is 0.0780. The van der Waals surface area contributed by atoms with Crippen LogP contribution in [0.15, 0.2) is 11.7 Å². The summed E-state index contributed by atoms with van der Waals surface area (Å²) in [5.41, 5.74) is -4.01. The largest absolute Gasteiger partial charge is 0.406 e. The highest BCUT2D eigenvalue weighted by Gasteiger charge is 2.79. The lowest BCUT2D eigenvalue weighted by Gasteiger charge is -2.43. The van der Waals surface area contributed by atoms with E-state index >= 15 is 0 Å². The molecule has 76 valence electrons. The molecule has 0 fully saturated rings. The van der Waals surface area contributed by atoms with Gasteiger partial charge < -0.3 is 0 Å². The van der Waals surface area contributed by atoms with Crippen molar-refractivity contribution in [1.82, 2.24) is 0 Å². The Bertz CT molecular complexity index is 273. The lowest BCUT2D eigenvalue weighted by molar-refractivity contribution is -0.296. The summed E-state index contributed by atoms with van der Waals surface area (Å²) >= 11 is 0. The van der Waals surface area contributed by atoms with Crippen molar-refractivity contribution >= 4 is 0 Å². The van der Waals surface area contributed by atoms with E-state index < -0.39 is 29.2 Å². The number of hydrogen-bond donors (Lipinski definition) is 0. The molecule has 1 aliphatic rings. The van der Waals surface area contributed by atoms with Crippen LogP contribution in [0.25, 0.3) is 0 Å². The molecule has 1 rings (SSSR count). The summed E-state index contributed by atoms with van der Waals surface area (Å²) in [6.07, 6.45) is -5.50. The Kier molecular flexibility index (Phi) is 1.74. The van der Waals surface area contributed by atoms with Gasteiger partial charge in [0.15, 0.2) is 11.2 Å². The summed E-state index contributed by atoms with van der Waals surface area (Å²) in [4.78, 5) is 0. The first-order valence-corrected chi connectivity index (χ1v) is 3.07. The molecular weight excluding hydrogens is 205 g/mol. The van der Waals surface area contributed by atoms with Crippen LogP contribution in [0.2, 0.25) is 0 Å². The van der Waals surface area contributed by atoms with E-state index in [0.717, 1.165) is 0 Å². The van der Waals surface area contributed by atoms with E-state index in [0.29, 0.717) is 0 Å². The van der Waals surface area contributed by atoms with Crippen molar-refractivity contribution in [3.63, 3.8) is 0 Å². The molecule has 0 bridgehead atoms. The molecule has 0 heterocycles. The topological polar surface area (TPSA) is 0 Å². The normalized spacial score (nSPS) is 33.2. The fraction of sp³-hybridized carbons (Fsp3) is 0.667. The van der Waals surface area contributed by atoms with Crippen molar-refractivity contribution < 1.29 is 30.7 Å². The van der Waals surface area contributed by atoms with Crippen LogP contribution in [0, 0.1) is 5.41 Å². The van der Waals surface area contributed by atoms with Gasteiger partial charge in [-0.2, -0.15) is 22.0 Å². The number of allylic oxidation sites excluding steroid dienone is 2. The molecule has 1 atom stereocenters. The standard InChI is InChI=1S/C6H3F7/c1-4(6(11,12)13)2(7)3(8)5(4,9)10/h1H3. The van der Waals surface area contributed by atoms with Crippen molar-refractivity contribution in [3.05, 3.63) is 11.7 Å². The quantitative estimate of drug-likeness (QED) is 0.535. The summed E-state index contributed by atoms with van der Waals surface area (Å²) in [6, 6.07) is 0. The molecule has 0 amide bonds. The van der Waals surface area contributed by atoms with E-state index in [9.17, 15) is 30.7 Å². The molecule has 13 heavy (non-hydrogen) atoms. The average Bonchev–Trinajstić information content (AvgIpc) is 1.98. The Labute approximate surface area is 68.0 Å². The Balaban J connectivity index is 3.25. The number of alkyl halides is 5. The van der Waals surface area contributed by atoms with Crippen molar-refractivity contribution in [3.8, 4) is 0 Å². The Morgan fingerprint density at radius 1 is 1.00 bits per heavy atom. The molecule has 0 N–H and O–H groups in total. The highest BCUT2D eigenvalue weighted by Crippen LogP contribution is 2.65. The van der Waals surface area contributed by atoms with Gasteiger partial charge in [-0.05, 0) is 6.92 Å².